The van der Waals surface area contributed by atoms with Crippen molar-refractivity contribution in [1.82, 2.24) is 4.90 Å². The Morgan fingerprint density at radius 3 is 2.39 bits per heavy atom. The van der Waals surface area contributed by atoms with Crippen molar-refractivity contribution >= 4 is 35.0 Å². The van der Waals surface area contributed by atoms with Gasteiger partial charge in [0.1, 0.15) is 0 Å². The van der Waals surface area contributed by atoms with Crippen LogP contribution in [0.5, 0.6) is 0 Å². The minimum absolute atomic E-state index is 0.195. The fourth-order valence-corrected chi connectivity index (χ4v) is 2.56. The first-order chi connectivity index (χ1) is 11.0. The zero-order valence-corrected chi connectivity index (χ0v) is 13.1. The van der Waals surface area contributed by atoms with Gasteiger partial charge in [0, 0.05) is 17.8 Å². The molecular weight excluding hydrogens is 316 g/mol. The molecule has 0 bridgehead atoms. The first kappa shape index (κ1) is 15.2. The van der Waals surface area contributed by atoms with Crippen molar-refractivity contribution < 1.29 is 14.4 Å². The van der Waals surface area contributed by atoms with Crippen LogP contribution in [0.2, 0.25) is 5.02 Å². The molecule has 6 heteroatoms. The van der Waals surface area contributed by atoms with Crippen LogP contribution in [0.3, 0.4) is 0 Å². The lowest BCUT2D eigenvalue weighted by atomic mass is 10.1. The van der Waals surface area contributed by atoms with Gasteiger partial charge >= 0.3 is 0 Å². The minimum Gasteiger partial charge on any atom is -0.326 e. The number of fused-ring (bicyclic) bond motifs is 1. The summed E-state index contributed by atoms with van der Waals surface area (Å²) in [6, 6.07) is 11.7. The van der Waals surface area contributed by atoms with Crippen LogP contribution in [-0.2, 0) is 11.2 Å². The molecule has 1 aliphatic rings. The molecule has 0 fully saturated rings. The zero-order valence-electron chi connectivity index (χ0n) is 12.3. The first-order valence-electron chi connectivity index (χ1n) is 6.96. The number of carbonyl (C=O) groups is 3. The highest BCUT2D eigenvalue weighted by molar-refractivity contribution is 6.30. The van der Waals surface area contributed by atoms with Crippen molar-refractivity contribution in [3.05, 3.63) is 64.2 Å². The van der Waals surface area contributed by atoms with Crippen LogP contribution >= 0.6 is 11.6 Å². The van der Waals surface area contributed by atoms with Crippen LogP contribution < -0.4 is 5.32 Å². The largest absolute Gasteiger partial charge is 0.326 e. The number of carbonyl (C=O) groups excluding carboxylic acids is 3. The molecule has 23 heavy (non-hydrogen) atoms. The predicted octanol–water partition coefficient (Wildman–Crippen LogP) is 2.75. The third-order valence-electron chi connectivity index (χ3n) is 3.65. The monoisotopic (exact) mass is 328 g/mol. The normalized spacial score (nSPS) is 13.2. The predicted molar refractivity (Wildman–Crippen MR) is 86.7 cm³/mol. The lowest BCUT2D eigenvalue weighted by molar-refractivity contribution is -0.115. The number of benzene rings is 2. The molecule has 1 aliphatic heterocycles. The Morgan fingerprint density at radius 1 is 1.04 bits per heavy atom. The van der Waals surface area contributed by atoms with E-state index in [1.54, 1.807) is 36.4 Å². The van der Waals surface area contributed by atoms with Crippen LogP contribution in [0, 0.1) is 0 Å². The number of nitrogens with one attached hydrogen (secondary N) is 1. The molecular formula is C17H13ClN2O3. The maximum Gasteiger partial charge on any atom is 0.261 e. The molecule has 0 radical (unpaired) electrons. The van der Waals surface area contributed by atoms with E-state index < -0.39 is 0 Å². The Balaban J connectivity index is 1.74. The second kappa shape index (κ2) is 5.85. The second-order valence-electron chi connectivity index (χ2n) is 5.28. The lowest BCUT2D eigenvalue weighted by Crippen LogP contribution is -2.24. The smallest absolute Gasteiger partial charge is 0.261 e. The number of imide groups is 1. The summed E-state index contributed by atoms with van der Waals surface area (Å²) >= 11 is 5.81. The molecule has 0 atom stereocenters. The summed E-state index contributed by atoms with van der Waals surface area (Å²) in [5.74, 6) is -0.903. The average molecular weight is 329 g/mol. The Morgan fingerprint density at radius 2 is 1.70 bits per heavy atom. The fraction of sp³-hybridized carbons (Fsp3) is 0.118. The number of halogens is 1. The Bertz CT molecular complexity index is 815. The summed E-state index contributed by atoms with van der Waals surface area (Å²) < 4.78 is 0. The van der Waals surface area contributed by atoms with E-state index in [4.69, 9.17) is 11.6 Å². The first-order valence-corrected chi connectivity index (χ1v) is 7.34. The third kappa shape index (κ3) is 2.96. The van der Waals surface area contributed by atoms with E-state index in [0.29, 0.717) is 21.8 Å². The van der Waals surface area contributed by atoms with Gasteiger partial charge in [0.05, 0.1) is 17.5 Å². The van der Waals surface area contributed by atoms with Gasteiger partial charge in [0.2, 0.25) is 5.91 Å². The molecule has 3 rings (SSSR count). The Kier molecular flexibility index (Phi) is 3.88. The van der Waals surface area contributed by atoms with Crippen LogP contribution in [0.4, 0.5) is 5.69 Å². The molecule has 1 N–H and O–H groups in total. The van der Waals surface area contributed by atoms with Crippen molar-refractivity contribution in [2.75, 3.05) is 12.4 Å². The van der Waals surface area contributed by atoms with Gasteiger partial charge in [-0.3, -0.25) is 19.3 Å². The van der Waals surface area contributed by atoms with E-state index in [-0.39, 0.29) is 24.1 Å². The quantitative estimate of drug-likeness (QED) is 0.881. The Labute approximate surface area is 137 Å². The number of hydrogen-bond acceptors (Lipinski definition) is 3. The van der Waals surface area contributed by atoms with E-state index in [2.05, 4.69) is 5.32 Å². The number of amides is 3. The van der Waals surface area contributed by atoms with Crippen molar-refractivity contribution in [3.63, 3.8) is 0 Å². The molecule has 1 heterocycles. The van der Waals surface area contributed by atoms with E-state index in [1.807, 2.05) is 0 Å². The van der Waals surface area contributed by atoms with Gasteiger partial charge < -0.3 is 5.32 Å². The number of rotatable bonds is 3. The second-order valence-corrected chi connectivity index (χ2v) is 5.72. The minimum atomic E-state index is -0.362. The molecule has 0 saturated carbocycles. The van der Waals surface area contributed by atoms with Gasteiger partial charge in [-0.1, -0.05) is 23.7 Å². The standard InChI is InChI=1S/C17H13ClN2O3/c1-20-16(22)13-7-6-12(9-14(13)17(20)23)19-15(21)8-10-2-4-11(18)5-3-10/h2-7,9H,8H2,1H3,(H,19,21). The molecule has 3 amide bonds. The summed E-state index contributed by atoms with van der Waals surface area (Å²) in [6.45, 7) is 0. The summed E-state index contributed by atoms with van der Waals surface area (Å²) in [7, 11) is 1.43. The highest BCUT2D eigenvalue weighted by Crippen LogP contribution is 2.24. The molecule has 116 valence electrons. The maximum absolute atomic E-state index is 12.1. The molecule has 2 aromatic carbocycles. The molecule has 0 unspecified atom stereocenters. The van der Waals surface area contributed by atoms with Crippen molar-refractivity contribution in [3.8, 4) is 0 Å². The highest BCUT2D eigenvalue weighted by atomic mass is 35.5. The SMILES string of the molecule is CN1C(=O)c2ccc(NC(=O)Cc3ccc(Cl)cc3)cc2C1=O. The van der Waals surface area contributed by atoms with E-state index >= 15 is 0 Å². The molecule has 5 nitrogen and oxygen atoms in total. The molecule has 0 spiro atoms. The number of anilines is 1. The lowest BCUT2D eigenvalue weighted by Gasteiger charge is -2.06. The fourth-order valence-electron chi connectivity index (χ4n) is 2.43. The summed E-state index contributed by atoms with van der Waals surface area (Å²) in [6.07, 6.45) is 0.195. The van der Waals surface area contributed by atoms with Gasteiger partial charge in [-0.15, -0.1) is 0 Å². The van der Waals surface area contributed by atoms with Crippen LogP contribution in [0.1, 0.15) is 26.3 Å². The average Bonchev–Trinajstić information content (AvgIpc) is 2.74. The van der Waals surface area contributed by atoms with Crippen LogP contribution in [0.25, 0.3) is 0 Å². The number of nitrogens with zero attached hydrogens (tertiary/aromatic N) is 1. The van der Waals surface area contributed by atoms with E-state index in [1.165, 1.54) is 13.1 Å². The molecule has 0 aliphatic carbocycles. The number of hydrogen-bond donors (Lipinski definition) is 1. The van der Waals surface area contributed by atoms with Crippen molar-refractivity contribution in [2.45, 2.75) is 6.42 Å². The zero-order chi connectivity index (χ0) is 16.6. The van der Waals surface area contributed by atoms with Gasteiger partial charge in [-0.2, -0.15) is 0 Å². The maximum atomic E-state index is 12.1. The third-order valence-corrected chi connectivity index (χ3v) is 3.90. The summed E-state index contributed by atoms with van der Waals surface area (Å²) in [5, 5.41) is 3.34. The van der Waals surface area contributed by atoms with Gasteiger partial charge in [0.15, 0.2) is 0 Å². The van der Waals surface area contributed by atoms with Gasteiger partial charge in [-0.05, 0) is 35.9 Å². The van der Waals surface area contributed by atoms with Gasteiger partial charge in [0.25, 0.3) is 11.8 Å². The van der Waals surface area contributed by atoms with Gasteiger partial charge in [-0.25, -0.2) is 0 Å². The van der Waals surface area contributed by atoms with Crippen LogP contribution in [0.15, 0.2) is 42.5 Å². The van der Waals surface area contributed by atoms with E-state index in [0.717, 1.165) is 10.5 Å². The topological polar surface area (TPSA) is 66.5 Å². The van der Waals surface area contributed by atoms with E-state index in [9.17, 15) is 14.4 Å². The molecule has 2 aromatic rings. The van der Waals surface area contributed by atoms with Crippen LogP contribution in [-0.4, -0.2) is 29.7 Å². The molecule has 0 aromatic heterocycles. The Hall–Kier alpha value is -2.66. The molecule has 0 saturated heterocycles. The summed E-state index contributed by atoms with van der Waals surface area (Å²) in [4.78, 5) is 36.9. The van der Waals surface area contributed by atoms with Crippen molar-refractivity contribution in [1.29, 1.82) is 0 Å². The summed E-state index contributed by atoms with van der Waals surface area (Å²) in [5.41, 5.74) is 1.98. The highest BCUT2D eigenvalue weighted by Gasteiger charge is 2.32. The van der Waals surface area contributed by atoms with Crippen molar-refractivity contribution in [2.24, 2.45) is 0 Å².